The number of nitrogens with one attached hydrogen (secondary N) is 8. The maximum Gasteiger partial charge on any atom is 0.326 e. The molecule has 17 N–H and O–H groups in total. The van der Waals surface area contributed by atoms with E-state index in [0.29, 0.717) is 16.7 Å². The maximum absolute atomic E-state index is 14.7. The smallest absolute Gasteiger partial charge is 0.326 e. The first kappa shape index (κ1) is 70.3. The predicted molar refractivity (Wildman–Crippen MR) is 311 cm³/mol. The van der Waals surface area contributed by atoms with E-state index in [4.69, 9.17) is 17.2 Å². The van der Waals surface area contributed by atoms with Gasteiger partial charge in [-0.25, -0.2) is 4.79 Å². The molecule has 3 rings (SSSR count). The maximum atomic E-state index is 14.7. The van der Waals surface area contributed by atoms with Gasteiger partial charge in [0, 0.05) is 25.7 Å². The number of primary amides is 2. The van der Waals surface area contributed by atoms with Gasteiger partial charge in [0.05, 0.1) is 12.5 Å². The van der Waals surface area contributed by atoms with Crippen LogP contribution in [0.25, 0.3) is 0 Å². The molecule has 464 valence electrons. The molecule has 85 heavy (non-hydrogen) atoms. The molecule has 0 aliphatic rings. The number of carbonyl (C=O) groups excluding carboxylic acids is 10. The lowest BCUT2D eigenvalue weighted by Crippen LogP contribution is -2.62. The molecule has 0 spiro atoms. The first-order valence-corrected chi connectivity index (χ1v) is 28.1. The standard InChI is InChI=1S/C59H83N11O15/c1-7-34(6)50(58(83)68-43(29-35-14-10-8-11-15-35)55(80)64-41(23-25-48(62)73)53(78)69-46(59(84)85)27-33(4)5)70-57(82)44(30-36-16-12-9-13-17-36)67-52(77)40(22-24-47(61)72)63-54(79)42(26-32(2)3)66-56(81)45(31-49(74)75)65-51(76)39(60)28-37-18-20-38(71)21-19-37/h8-21,32-34,39-46,50,71H,7,22-31,60H2,1-6H3,(H2,61,72)(H2,62,73)(H,63,79)(H,64,80)(H,65,76)(H,66,81)(H,67,77)(H,68,83)(H,69,78)(H,70,82)(H,74,75)(H,84,85)/t34-,39-,40-,41-,42-,43-,44-,45-,46-,50-/m0/s1. The molecule has 3 aromatic rings. The summed E-state index contributed by atoms with van der Waals surface area (Å²) in [7, 11) is 0. The molecule has 0 bridgehead atoms. The molecule has 0 aromatic heterocycles. The van der Waals surface area contributed by atoms with Crippen molar-refractivity contribution in [2.75, 3.05) is 0 Å². The van der Waals surface area contributed by atoms with Gasteiger partial charge in [0.15, 0.2) is 0 Å². The Morgan fingerprint density at radius 2 is 0.800 bits per heavy atom. The molecule has 0 saturated carbocycles. The highest BCUT2D eigenvalue weighted by molar-refractivity contribution is 5.99. The molecule has 10 atom stereocenters. The van der Waals surface area contributed by atoms with Crippen molar-refractivity contribution in [2.24, 2.45) is 35.0 Å². The second-order valence-corrected chi connectivity index (χ2v) is 21.9. The summed E-state index contributed by atoms with van der Waals surface area (Å²) in [6, 6.07) is 9.36. The van der Waals surface area contributed by atoms with Gasteiger partial charge < -0.3 is 75.1 Å². The minimum absolute atomic E-state index is 0.0297. The fourth-order valence-electron chi connectivity index (χ4n) is 8.84. The molecule has 26 nitrogen and oxygen atoms in total. The number of carbonyl (C=O) groups is 12. The number of phenols is 1. The van der Waals surface area contributed by atoms with Gasteiger partial charge >= 0.3 is 11.9 Å². The summed E-state index contributed by atoms with van der Waals surface area (Å²) >= 11 is 0. The predicted octanol–water partition coefficient (Wildman–Crippen LogP) is -0.146. The number of benzene rings is 3. The molecule has 0 fully saturated rings. The van der Waals surface area contributed by atoms with Crippen LogP contribution in [0.2, 0.25) is 0 Å². The van der Waals surface area contributed by atoms with Crippen LogP contribution >= 0.6 is 0 Å². The molecule has 0 radical (unpaired) electrons. The van der Waals surface area contributed by atoms with Gasteiger partial charge in [0.1, 0.15) is 54.1 Å². The van der Waals surface area contributed by atoms with E-state index in [0.717, 1.165) is 0 Å². The van der Waals surface area contributed by atoms with Gasteiger partial charge in [-0.05, 0) is 78.7 Å². The third-order valence-electron chi connectivity index (χ3n) is 13.7. The number of carboxylic acid groups (broad SMARTS) is 2. The number of aliphatic carboxylic acids is 2. The minimum Gasteiger partial charge on any atom is -0.508 e. The highest BCUT2D eigenvalue weighted by Crippen LogP contribution is 2.16. The van der Waals surface area contributed by atoms with E-state index in [1.165, 1.54) is 24.3 Å². The fourth-order valence-corrected chi connectivity index (χ4v) is 8.84. The van der Waals surface area contributed by atoms with E-state index < -0.39 is 151 Å². The van der Waals surface area contributed by atoms with E-state index in [1.807, 2.05) is 0 Å². The Balaban J connectivity index is 1.97. The molecule has 0 saturated heterocycles. The van der Waals surface area contributed by atoms with Crippen molar-refractivity contribution in [3.8, 4) is 5.75 Å². The van der Waals surface area contributed by atoms with Gasteiger partial charge in [0.2, 0.25) is 59.1 Å². The lowest BCUT2D eigenvalue weighted by molar-refractivity contribution is -0.143. The lowest BCUT2D eigenvalue weighted by atomic mass is 9.96. The Morgan fingerprint density at radius 3 is 1.24 bits per heavy atom. The number of phenolic OH excluding ortho intramolecular Hbond substituents is 1. The molecule has 0 unspecified atom stereocenters. The monoisotopic (exact) mass is 1190 g/mol. The zero-order valence-electron chi connectivity index (χ0n) is 48.8. The SMILES string of the molecule is CC[C@H](C)[C@H](NC(=O)[C@H](Cc1ccccc1)NC(=O)[C@H](CCC(N)=O)NC(=O)[C@H](CC(C)C)NC(=O)[C@H](CC(=O)O)NC(=O)[C@@H](N)Cc1ccc(O)cc1)C(=O)N[C@@H](Cc1ccccc1)C(=O)N[C@@H](CCC(N)=O)C(=O)N[C@@H](CC(C)C)C(=O)O. The van der Waals surface area contributed by atoms with Crippen LogP contribution in [0.1, 0.15) is 110 Å². The van der Waals surface area contributed by atoms with Gasteiger partial charge in [-0.3, -0.25) is 52.7 Å². The zero-order valence-corrected chi connectivity index (χ0v) is 48.8. The molecule has 10 amide bonds. The zero-order chi connectivity index (χ0) is 63.5. The van der Waals surface area contributed by atoms with Gasteiger partial charge in [-0.1, -0.05) is 121 Å². The second kappa shape index (κ2) is 35.3. The van der Waals surface area contributed by atoms with Crippen LogP contribution in [-0.2, 0) is 76.8 Å². The second-order valence-electron chi connectivity index (χ2n) is 21.9. The first-order chi connectivity index (χ1) is 40.1. The molecule has 3 aromatic carbocycles. The van der Waals surface area contributed by atoms with E-state index in [9.17, 15) is 72.9 Å². The van der Waals surface area contributed by atoms with Crippen LogP contribution < -0.4 is 59.7 Å². The van der Waals surface area contributed by atoms with Crippen LogP contribution in [0.3, 0.4) is 0 Å². The van der Waals surface area contributed by atoms with Gasteiger partial charge in [0.25, 0.3) is 0 Å². The molecular formula is C59H83N11O15. The topological polar surface area (TPSA) is 440 Å². The molecule has 26 heteroatoms. The number of aromatic hydroxyl groups is 1. The average Bonchev–Trinajstić information content (AvgIpc) is 3.64. The van der Waals surface area contributed by atoms with E-state index >= 15 is 0 Å². The summed E-state index contributed by atoms with van der Waals surface area (Å²) in [4.78, 5) is 161. The van der Waals surface area contributed by atoms with Crippen LogP contribution in [0.4, 0.5) is 0 Å². The number of hydrogen-bond donors (Lipinski definition) is 14. The number of hydrogen-bond acceptors (Lipinski definition) is 14. The number of carboxylic acids is 2. The van der Waals surface area contributed by atoms with Crippen LogP contribution in [0.5, 0.6) is 5.75 Å². The molecular weight excluding hydrogens is 1100 g/mol. The summed E-state index contributed by atoms with van der Waals surface area (Å²) in [6.45, 7) is 10.3. The van der Waals surface area contributed by atoms with Crippen molar-refractivity contribution in [1.82, 2.24) is 42.5 Å². The van der Waals surface area contributed by atoms with Crippen LogP contribution in [-0.4, -0.2) is 141 Å². The Labute approximate surface area is 493 Å². The van der Waals surface area contributed by atoms with Crippen molar-refractivity contribution in [1.29, 1.82) is 0 Å². The third kappa shape index (κ3) is 25.6. The van der Waals surface area contributed by atoms with Crippen molar-refractivity contribution in [3.05, 3.63) is 102 Å². The molecule has 0 heterocycles. The summed E-state index contributed by atoms with van der Waals surface area (Å²) in [5.41, 5.74) is 18.6. The largest absolute Gasteiger partial charge is 0.508 e. The van der Waals surface area contributed by atoms with Gasteiger partial charge in [-0.2, -0.15) is 0 Å². The number of rotatable bonds is 37. The van der Waals surface area contributed by atoms with E-state index in [2.05, 4.69) is 42.5 Å². The van der Waals surface area contributed by atoms with E-state index in [-0.39, 0.29) is 69.0 Å². The van der Waals surface area contributed by atoms with Crippen molar-refractivity contribution in [3.63, 3.8) is 0 Å². The summed E-state index contributed by atoms with van der Waals surface area (Å²) < 4.78 is 0. The highest BCUT2D eigenvalue weighted by Gasteiger charge is 2.37. The van der Waals surface area contributed by atoms with Crippen molar-refractivity contribution < 1.29 is 72.9 Å². The van der Waals surface area contributed by atoms with Crippen molar-refractivity contribution in [2.45, 2.75) is 167 Å². The van der Waals surface area contributed by atoms with E-state index in [1.54, 1.807) is 102 Å². The highest BCUT2D eigenvalue weighted by atomic mass is 16.4. The summed E-state index contributed by atoms with van der Waals surface area (Å²) in [5, 5.41) is 49.6. The van der Waals surface area contributed by atoms with Crippen molar-refractivity contribution >= 4 is 71.0 Å². The summed E-state index contributed by atoms with van der Waals surface area (Å²) in [6.07, 6.45) is -2.67. The minimum atomic E-state index is -1.74. The summed E-state index contributed by atoms with van der Waals surface area (Å²) in [5.74, 6) is -13.2. The average molecular weight is 1190 g/mol. The van der Waals surface area contributed by atoms with Crippen LogP contribution in [0.15, 0.2) is 84.9 Å². The molecule has 0 aliphatic carbocycles. The number of amides is 10. The Bertz CT molecular complexity index is 2770. The van der Waals surface area contributed by atoms with Crippen LogP contribution in [0, 0.1) is 17.8 Å². The lowest BCUT2D eigenvalue weighted by Gasteiger charge is -2.30. The van der Waals surface area contributed by atoms with Gasteiger partial charge in [-0.15, -0.1) is 0 Å². The third-order valence-corrected chi connectivity index (χ3v) is 13.7. The quantitative estimate of drug-likeness (QED) is 0.0357. The molecule has 0 aliphatic heterocycles. The normalized spacial score (nSPS) is 14.6. The number of nitrogens with two attached hydrogens (primary N) is 3. The fraction of sp³-hybridized carbons (Fsp3) is 0.492. The Kier molecular flexibility index (Phi) is 29.2. The Hall–Kier alpha value is -8.94. The first-order valence-electron chi connectivity index (χ1n) is 28.1. The Morgan fingerprint density at radius 1 is 0.435 bits per heavy atom.